The molecule has 0 spiro atoms. The van der Waals surface area contributed by atoms with Gasteiger partial charge in [0.1, 0.15) is 0 Å². The minimum absolute atomic E-state index is 0.177. The molecule has 1 N–H and O–H groups in total. The summed E-state index contributed by atoms with van der Waals surface area (Å²) in [6.45, 7) is 6.29. The first-order chi connectivity index (χ1) is 7.77. The second-order valence-electron chi connectivity index (χ2n) is 4.44. The van der Waals surface area contributed by atoms with Gasteiger partial charge in [-0.15, -0.1) is 0 Å². The highest BCUT2D eigenvalue weighted by Gasteiger charge is 2.26. The van der Waals surface area contributed by atoms with E-state index >= 15 is 0 Å². The Bertz CT molecular complexity index is 241. The fraction of sp³-hybridized carbons (Fsp3) is 0.909. The number of morpholine rings is 2. The number of carbonyl (C=O) groups excluding carboxylic acids is 1. The van der Waals surface area contributed by atoms with E-state index in [0.29, 0.717) is 32.8 Å². The highest BCUT2D eigenvalue weighted by molar-refractivity contribution is 5.77. The van der Waals surface area contributed by atoms with Crippen molar-refractivity contribution in [3.63, 3.8) is 0 Å². The Morgan fingerprint density at radius 1 is 1.38 bits per heavy atom. The SMILES string of the molecule is CC1COCCN1C(=O)CC1COCCN1. The van der Waals surface area contributed by atoms with Crippen LogP contribution in [0.4, 0.5) is 0 Å². The quantitative estimate of drug-likeness (QED) is 0.699. The van der Waals surface area contributed by atoms with E-state index in [1.807, 2.05) is 11.8 Å². The molecule has 5 heteroatoms. The van der Waals surface area contributed by atoms with Crippen molar-refractivity contribution in [2.24, 2.45) is 0 Å². The Balaban J connectivity index is 1.81. The summed E-state index contributed by atoms with van der Waals surface area (Å²) in [7, 11) is 0. The molecule has 1 amide bonds. The second kappa shape index (κ2) is 5.61. The van der Waals surface area contributed by atoms with Gasteiger partial charge in [0.2, 0.25) is 5.91 Å². The molecule has 5 nitrogen and oxygen atoms in total. The van der Waals surface area contributed by atoms with Gasteiger partial charge in [-0.1, -0.05) is 0 Å². The lowest BCUT2D eigenvalue weighted by molar-refractivity contribution is -0.140. The fourth-order valence-corrected chi connectivity index (χ4v) is 2.18. The number of carbonyl (C=O) groups is 1. The number of ether oxygens (including phenoxy) is 2. The van der Waals surface area contributed by atoms with E-state index in [9.17, 15) is 4.79 Å². The van der Waals surface area contributed by atoms with Gasteiger partial charge in [-0.25, -0.2) is 0 Å². The molecule has 0 aromatic heterocycles. The van der Waals surface area contributed by atoms with E-state index in [1.165, 1.54) is 0 Å². The zero-order valence-corrected chi connectivity index (χ0v) is 9.78. The van der Waals surface area contributed by atoms with Crippen LogP contribution in [0.15, 0.2) is 0 Å². The maximum absolute atomic E-state index is 12.1. The summed E-state index contributed by atoms with van der Waals surface area (Å²) >= 11 is 0. The number of hydrogen-bond acceptors (Lipinski definition) is 4. The predicted molar refractivity (Wildman–Crippen MR) is 59.2 cm³/mol. The highest BCUT2D eigenvalue weighted by atomic mass is 16.5. The van der Waals surface area contributed by atoms with E-state index < -0.39 is 0 Å². The smallest absolute Gasteiger partial charge is 0.224 e. The van der Waals surface area contributed by atoms with Gasteiger partial charge in [-0.3, -0.25) is 4.79 Å². The molecule has 2 rings (SSSR count). The molecule has 16 heavy (non-hydrogen) atoms. The van der Waals surface area contributed by atoms with Crippen LogP contribution in [-0.4, -0.2) is 62.4 Å². The minimum atomic E-state index is 0.177. The maximum atomic E-state index is 12.1. The Morgan fingerprint density at radius 2 is 2.19 bits per heavy atom. The lowest BCUT2D eigenvalue weighted by atomic mass is 10.1. The molecule has 0 aliphatic carbocycles. The minimum Gasteiger partial charge on any atom is -0.378 e. The summed E-state index contributed by atoms with van der Waals surface area (Å²) in [6, 6.07) is 0.377. The number of rotatable bonds is 2. The van der Waals surface area contributed by atoms with Crippen molar-refractivity contribution in [2.75, 3.05) is 39.5 Å². The van der Waals surface area contributed by atoms with E-state index in [2.05, 4.69) is 5.32 Å². The van der Waals surface area contributed by atoms with Crippen molar-refractivity contribution in [2.45, 2.75) is 25.4 Å². The molecule has 0 radical (unpaired) electrons. The molecule has 2 unspecified atom stereocenters. The van der Waals surface area contributed by atoms with Crippen molar-refractivity contribution in [1.82, 2.24) is 10.2 Å². The largest absolute Gasteiger partial charge is 0.378 e. The summed E-state index contributed by atoms with van der Waals surface area (Å²) in [6.07, 6.45) is 0.532. The first kappa shape index (κ1) is 11.8. The van der Waals surface area contributed by atoms with Gasteiger partial charge in [0, 0.05) is 25.6 Å². The van der Waals surface area contributed by atoms with Crippen LogP contribution in [0, 0.1) is 0 Å². The molecule has 2 aliphatic rings. The topological polar surface area (TPSA) is 50.8 Å². The lowest BCUT2D eigenvalue weighted by Crippen LogP contribution is -2.50. The van der Waals surface area contributed by atoms with Crippen molar-refractivity contribution in [3.05, 3.63) is 0 Å². The first-order valence-corrected chi connectivity index (χ1v) is 5.95. The van der Waals surface area contributed by atoms with Gasteiger partial charge >= 0.3 is 0 Å². The Hall–Kier alpha value is -0.650. The van der Waals surface area contributed by atoms with Crippen molar-refractivity contribution in [1.29, 1.82) is 0 Å². The van der Waals surface area contributed by atoms with Crippen molar-refractivity contribution < 1.29 is 14.3 Å². The highest BCUT2D eigenvalue weighted by Crippen LogP contribution is 2.10. The number of nitrogens with zero attached hydrogens (tertiary/aromatic N) is 1. The molecule has 2 atom stereocenters. The molecule has 0 aromatic carbocycles. The van der Waals surface area contributed by atoms with E-state index in [4.69, 9.17) is 9.47 Å². The average molecular weight is 228 g/mol. The van der Waals surface area contributed by atoms with Crippen LogP contribution in [0.2, 0.25) is 0 Å². The summed E-state index contributed by atoms with van der Waals surface area (Å²) in [5.74, 6) is 0.207. The summed E-state index contributed by atoms with van der Waals surface area (Å²) in [4.78, 5) is 14.0. The Labute approximate surface area is 96.1 Å². The van der Waals surface area contributed by atoms with E-state index in [0.717, 1.165) is 13.2 Å². The summed E-state index contributed by atoms with van der Waals surface area (Å²) < 4.78 is 10.7. The standard InChI is InChI=1S/C11H20N2O3/c1-9-7-16-5-3-13(9)11(14)6-10-8-15-4-2-12-10/h9-10,12H,2-8H2,1H3. The molecule has 2 heterocycles. The van der Waals surface area contributed by atoms with Crippen LogP contribution in [0.5, 0.6) is 0 Å². The van der Waals surface area contributed by atoms with Gasteiger partial charge in [0.25, 0.3) is 0 Å². The number of nitrogens with one attached hydrogen (secondary N) is 1. The predicted octanol–water partition coefficient (Wildman–Crippen LogP) is -0.388. The normalized spacial score (nSPS) is 31.4. The zero-order chi connectivity index (χ0) is 11.4. The number of hydrogen-bond donors (Lipinski definition) is 1. The second-order valence-corrected chi connectivity index (χ2v) is 4.44. The summed E-state index contributed by atoms with van der Waals surface area (Å²) in [5, 5.41) is 3.30. The summed E-state index contributed by atoms with van der Waals surface area (Å²) in [5.41, 5.74) is 0. The third-order valence-corrected chi connectivity index (χ3v) is 3.11. The fourth-order valence-electron chi connectivity index (χ4n) is 2.18. The maximum Gasteiger partial charge on any atom is 0.224 e. The Kier molecular flexibility index (Phi) is 4.15. The first-order valence-electron chi connectivity index (χ1n) is 5.95. The molecule has 2 saturated heterocycles. The molecule has 92 valence electrons. The average Bonchev–Trinajstić information content (AvgIpc) is 2.31. The third kappa shape index (κ3) is 2.93. The molecule has 2 fully saturated rings. The molecular formula is C11H20N2O3. The monoisotopic (exact) mass is 228 g/mol. The van der Waals surface area contributed by atoms with Crippen molar-refractivity contribution >= 4 is 5.91 Å². The van der Waals surface area contributed by atoms with Gasteiger partial charge in [0.05, 0.1) is 32.5 Å². The van der Waals surface area contributed by atoms with Gasteiger partial charge in [-0.2, -0.15) is 0 Å². The molecule has 0 saturated carbocycles. The van der Waals surface area contributed by atoms with Gasteiger partial charge in [0.15, 0.2) is 0 Å². The van der Waals surface area contributed by atoms with Crippen LogP contribution in [0.1, 0.15) is 13.3 Å². The molecular weight excluding hydrogens is 208 g/mol. The number of amides is 1. The third-order valence-electron chi connectivity index (χ3n) is 3.11. The van der Waals surface area contributed by atoms with Crippen molar-refractivity contribution in [3.8, 4) is 0 Å². The van der Waals surface area contributed by atoms with Gasteiger partial charge in [-0.05, 0) is 6.92 Å². The van der Waals surface area contributed by atoms with Crippen LogP contribution < -0.4 is 5.32 Å². The Morgan fingerprint density at radius 3 is 2.88 bits per heavy atom. The van der Waals surface area contributed by atoms with Crippen LogP contribution in [0.25, 0.3) is 0 Å². The lowest BCUT2D eigenvalue weighted by Gasteiger charge is -2.35. The van der Waals surface area contributed by atoms with Crippen LogP contribution >= 0.6 is 0 Å². The van der Waals surface area contributed by atoms with Gasteiger partial charge < -0.3 is 19.7 Å². The van der Waals surface area contributed by atoms with Crippen LogP contribution in [-0.2, 0) is 14.3 Å². The molecule has 0 aromatic rings. The zero-order valence-electron chi connectivity index (χ0n) is 9.78. The van der Waals surface area contributed by atoms with Crippen LogP contribution in [0.3, 0.4) is 0 Å². The molecule has 2 aliphatic heterocycles. The van der Waals surface area contributed by atoms with E-state index in [-0.39, 0.29) is 18.0 Å². The molecule has 0 bridgehead atoms. The van der Waals surface area contributed by atoms with E-state index in [1.54, 1.807) is 0 Å².